The summed E-state index contributed by atoms with van der Waals surface area (Å²) in [7, 11) is 0. The van der Waals surface area contributed by atoms with Crippen molar-refractivity contribution in [1.29, 1.82) is 0 Å². The number of aromatic nitrogens is 3. The van der Waals surface area contributed by atoms with Crippen LogP contribution in [-0.4, -0.2) is 26.0 Å². The van der Waals surface area contributed by atoms with E-state index in [9.17, 15) is 9.90 Å². The fraction of sp³-hybridized carbons (Fsp3) is 0.133. The van der Waals surface area contributed by atoms with Crippen LogP contribution in [0.1, 0.15) is 12.2 Å². The predicted molar refractivity (Wildman–Crippen MR) is 84.0 cm³/mol. The second-order valence-electron chi connectivity index (χ2n) is 4.77. The van der Waals surface area contributed by atoms with Crippen LogP contribution in [0.15, 0.2) is 36.5 Å². The summed E-state index contributed by atoms with van der Waals surface area (Å²) in [5.41, 5.74) is 2.03. The van der Waals surface area contributed by atoms with E-state index in [0.717, 1.165) is 5.52 Å². The number of rotatable bonds is 4. The van der Waals surface area contributed by atoms with Gasteiger partial charge in [0.05, 0.1) is 10.5 Å². The number of pyridine rings is 1. The van der Waals surface area contributed by atoms with Crippen molar-refractivity contribution in [2.75, 3.05) is 5.32 Å². The smallest absolute Gasteiger partial charge is 0.224 e. The van der Waals surface area contributed by atoms with Gasteiger partial charge in [0.15, 0.2) is 5.65 Å². The summed E-state index contributed by atoms with van der Waals surface area (Å²) >= 11 is 5.79. The maximum absolute atomic E-state index is 11.9. The van der Waals surface area contributed by atoms with Gasteiger partial charge in [-0.15, -0.1) is 0 Å². The molecule has 0 aliphatic heterocycles. The number of imidazole rings is 1. The third kappa shape index (κ3) is 3.17. The first-order valence-corrected chi connectivity index (χ1v) is 7.07. The number of nitrogens with one attached hydrogen (secondary N) is 2. The number of halogens is 1. The molecule has 2 heterocycles. The molecule has 6 nitrogen and oxygen atoms in total. The Labute approximate surface area is 131 Å². The molecule has 22 heavy (non-hydrogen) atoms. The molecule has 112 valence electrons. The molecule has 2 aromatic heterocycles. The molecule has 0 aliphatic rings. The molecule has 0 bridgehead atoms. The summed E-state index contributed by atoms with van der Waals surface area (Å²) in [5, 5.41) is 12.3. The van der Waals surface area contributed by atoms with Gasteiger partial charge in [-0.25, -0.2) is 9.97 Å². The number of carbonyl (C=O) groups excluding carboxylic acids is 1. The molecule has 0 unspecified atom stereocenters. The highest BCUT2D eigenvalue weighted by atomic mass is 35.5. The Morgan fingerprint density at radius 1 is 1.36 bits per heavy atom. The predicted octanol–water partition coefficient (Wildman–Crippen LogP) is 2.89. The molecule has 7 heteroatoms. The fourth-order valence-corrected chi connectivity index (χ4v) is 2.23. The number of hydrogen-bond donors (Lipinski definition) is 3. The maximum Gasteiger partial charge on any atom is 0.224 e. The van der Waals surface area contributed by atoms with Gasteiger partial charge >= 0.3 is 0 Å². The Hall–Kier alpha value is -2.60. The minimum atomic E-state index is -0.157. The summed E-state index contributed by atoms with van der Waals surface area (Å²) in [4.78, 5) is 23.5. The van der Waals surface area contributed by atoms with E-state index in [0.29, 0.717) is 23.6 Å². The lowest BCUT2D eigenvalue weighted by Gasteiger charge is -2.05. The number of phenols is 1. The number of nitrogens with zero attached hydrogens (tertiary/aromatic N) is 2. The number of fused-ring (bicyclic) bond motifs is 1. The van der Waals surface area contributed by atoms with E-state index >= 15 is 0 Å². The molecule has 0 saturated heterocycles. The quantitative estimate of drug-likeness (QED) is 0.645. The zero-order valence-electron chi connectivity index (χ0n) is 11.5. The van der Waals surface area contributed by atoms with E-state index in [-0.39, 0.29) is 23.1 Å². The zero-order valence-corrected chi connectivity index (χ0v) is 12.3. The van der Waals surface area contributed by atoms with Crippen molar-refractivity contribution in [3.63, 3.8) is 0 Å². The number of H-pyrrole nitrogens is 1. The fourth-order valence-electron chi connectivity index (χ4n) is 2.05. The Kier molecular flexibility index (Phi) is 3.93. The average molecular weight is 317 g/mol. The molecule has 0 atom stereocenters. The van der Waals surface area contributed by atoms with Crippen molar-refractivity contribution in [2.45, 2.75) is 12.8 Å². The van der Waals surface area contributed by atoms with Crippen molar-refractivity contribution in [3.8, 4) is 5.75 Å². The van der Waals surface area contributed by atoms with Gasteiger partial charge in [0.2, 0.25) is 5.91 Å². The van der Waals surface area contributed by atoms with Crippen molar-refractivity contribution in [3.05, 3.63) is 47.4 Å². The number of aryl methyl sites for hydroxylation is 1. The zero-order chi connectivity index (χ0) is 15.5. The minimum absolute atomic E-state index is 0.0190. The lowest BCUT2D eigenvalue weighted by Crippen LogP contribution is -2.12. The van der Waals surface area contributed by atoms with Crippen LogP contribution < -0.4 is 5.32 Å². The topological polar surface area (TPSA) is 90.9 Å². The lowest BCUT2D eigenvalue weighted by molar-refractivity contribution is -0.116. The summed E-state index contributed by atoms with van der Waals surface area (Å²) < 4.78 is 0. The molecule has 0 fully saturated rings. The van der Waals surface area contributed by atoms with Gasteiger partial charge < -0.3 is 15.4 Å². The number of benzene rings is 1. The van der Waals surface area contributed by atoms with E-state index in [1.54, 1.807) is 12.3 Å². The van der Waals surface area contributed by atoms with Crippen LogP contribution in [0.5, 0.6) is 5.75 Å². The van der Waals surface area contributed by atoms with Gasteiger partial charge in [0.25, 0.3) is 0 Å². The Morgan fingerprint density at radius 2 is 2.23 bits per heavy atom. The highest BCUT2D eigenvalue weighted by Crippen LogP contribution is 2.26. The van der Waals surface area contributed by atoms with E-state index < -0.39 is 0 Å². The summed E-state index contributed by atoms with van der Waals surface area (Å²) in [6.45, 7) is 0. The van der Waals surface area contributed by atoms with Gasteiger partial charge in [-0.05, 0) is 30.3 Å². The number of hydrogen-bond acceptors (Lipinski definition) is 4. The molecule has 0 aliphatic carbocycles. The van der Waals surface area contributed by atoms with Gasteiger partial charge in [0.1, 0.15) is 11.6 Å². The molecule has 3 N–H and O–H groups in total. The van der Waals surface area contributed by atoms with Crippen LogP contribution in [0.4, 0.5) is 5.69 Å². The maximum atomic E-state index is 11.9. The number of aromatic amines is 1. The normalized spacial score (nSPS) is 10.8. The standard InChI is InChI=1S/C15H13ClN4O2/c16-10-8-9(3-4-12(10)21)18-14(22)6-5-13-19-11-2-1-7-17-15(11)20-13/h1-4,7-8,21H,5-6H2,(H,18,22)(H,17,19,20). The Morgan fingerprint density at radius 3 is 3.00 bits per heavy atom. The molecule has 3 rings (SSSR count). The van der Waals surface area contributed by atoms with E-state index in [2.05, 4.69) is 20.3 Å². The molecule has 0 radical (unpaired) electrons. The molecular formula is C15H13ClN4O2. The first kappa shape index (κ1) is 14.3. The lowest BCUT2D eigenvalue weighted by atomic mass is 10.2. The van der Waals surface area contributed by atoms with Crippen LogP contribution in [0.25, 0.3) is 11.2 Å². The molecule has 1 amide bonds. The number of phenolic OH excluding ortho intramolecular Hbond substituents is 1. The van der Waals surface area contributed by atoms with Crippen molar-refractivity contribution < 1.29 is 9.90 Å². The van der Waals surface area contributed by atoms with Crippen LogP contribution in [0.2, 0.25) is 5.02 Å². The largest absolute Gasteiger partial charge is 0.506 e. The van der Waals surface area contributed by atoms with Crippen LogP contribution in [0, 0.1) is 0 Å². The molecule has 3 aromatic rings. The first-order chi connectivity index (χ1) is 10.6. The molecule has 0 saturated carbocycles. The second-order valence-corrected chi connectivity index (χ2v) is 5.18. The molecule has 1 aromatic carbocycles. The van der Waals surface area contributed by atoms with Crippen LogP contribution in [0.3, 0.4) is 0 Å². The molecular weight excluding hydrogens is 304 g/mol. The van der Waals surface area contributed by atoms with E-state index in [1.807, 2.05) is 12.1 Å². The number of carbonyl (C=O) groups is 1. The first-order valence-electron chi connectivity index (χ1n) is 6.70. The van der Waals surface area contributed by atoms with Gasteiger partial charge in [0, 0.05) is 24.7 Å². The minimum Gasteiger partial charge on any atom is -0.506 e. The highest BCUT2D eigenvalue weighted by Gasteiger charge is 2.08. The summed E-state index contributed by atoms with van der Waals surface area (Å²) in [5.74, 6) is 0.539. The van der Waals surface area contributed by atoms with Gasteiger partial charge in [-0.2, -0.15) is 0 Å². The average Bonchev–Trinajstić information content (AvgIpc) is 2.92. The SMILES string of the molecule is O=C(CCc1nc2ncccc2[nH]1)Nc1ccc(O)c(Cl)c1. The number of amides is 1. The molecule has 0 spiro atoms. The second kappa shape index (κ2) is 6.03. The van der Waals surface area contributed by atoms with Crippen LogP contribution >= 0.6 is 11.6 Å². The third-order valence-corrected chi connectivity index (χ3v) is 3.43. The Balaban J connectivity index is 1.60. The summed E-state index contributed by atoms with van der Waals surface area (Å²) in [6, 6.07) is 8.23. The van der Waals surface area contributed by atoms with Crippen molar-refractivity contribution in [2.24, 2.45) is 0 Å². The third-order valence-electron chi connectivity index (χ3n) is 3.13. The van der Waals surface area contributed by atoms with Crippen LogP contribution in [-0.2, 0) is 11.2 Å². The number of aromatic hydroxyl groups is 1. The monoisotopic (exact) mass is 316 g/mol. The van der Waals surface area contributed by atoms with Crippen molar-refractivity contribution in [1.82, 2.24) is 15.0 Å². The number of anilines is 1. The van der Waals surface area contributed by atoms with E-state index in [1.165, 1.54) is 12.1 Å². The van der Waals surface area contributed by atoms with E-state index in [4.69, 9.17) is 11.6 Å². The van der Waals surface area contributed by atoms with Gasteiger partial charge in [-0.3, -0.25) is 4.79 Å². The van der Waals surface area contributed by atoms with Crippen molar-refractivity contribution >= 4 is 34.4 Å². The summed E-state index contributed by atoms with van der Waals surface area (Å²) in [6.07, 6.45) is 2.43. The van der Waals surface area contributed by atoms with Gasteiger partial charge in [-0.1, -0.05) is 11.6 Å². The highest BCUT2D eigenvalue weighted by molar-refractivity contribution is 6.32. The Bertz CT molecular complexity index is 798.